The van der Waals surface area contributed by atoms with E-state index in [9.17, 15) is 0 Å². The van der Waals surface area contributed by atoms with Gasteiger partial charge >= 0.3 is 0 Å². The number of halogens is 2. The lowest BCUT2D eigenvalue weighted by Crippen LogP contribution is -1.95. The van der Waals surface area contributed by atoms with Crippen molar-refractivity contribution in [2.45, 2.75) is 19.8 Å². The summed E-state index contributed by atoms with van der Waals surface area (Å²) < 4.78 is 5.26. The van der Waals surface area contributed by atoms with Crippen LogP contribution in [0.1, 0.15) is 25.3 Å². The zero-order valence-corrected chi connectivity index (χ0v) is 11.0. The first kappa shape index (κ1) is 12.3. The molecular formula is C12H12Cl2N2O. The lowest BCUT2D eigenvalue weighted by molar-refractivity contribution is 0.434. The molecule has 0 saturated carbocycles. The fraction of sp³-hybridized carbons (Fsp3) is 0.250. The quantitative estimate of drug-likeness (QED) is 0.883. The second-order valence-corrected chi connectivity index (χ2v) is 4.85. The normalized spacial score (nSPS) is 11.1. The second kappa shape index (κ2) is 4.59. The molecule has 0 fully saturated rings. The highest BCUT2D eigenvalue weighted by molar-refractivity contribution is 6.43. The summed E-state index contributed by atoms with van der Waals surface area (Å²) in [6.45, 7) is 4.04. The number of hydrogen-bond donors (Lipinski definition) is 1. The largest absolute Gasteiger partial charge is 0.381 e. The first-order valence-electron chi connectivity index (χ1n) is 5.21. The molecule has 2 aromatic rings. The number of aromatic nitrogens is 1. The average molecular weight is 271 g/mol. The minimum absolute atomic E-state index is 0.200. The molecule has 0 amide bonds. The molecule has 0 atom stereocenters. The van der Waals surface area contributed by atoms with Crippen molar-refractivity contribution in [2.75, 3.05) is 5.73 Å². The number of anilines is 1. The summed E-state index contributed by atoms with van der Waals surface area (Å²) in [6, 6.07) is 5.37. The topological polar surface area (TPSA) is 52.0 Å². The van der Waals surface area contributed by atoms with Crippen molar-refractivity contribution in [2.24, 2.45) is 0 Å². The predicted octanol–water partition coefficient (Wildman–Crippen LogP) is 4.35. The van der Waals surface area contributed by atoms with Crippen LogP contribution in [-0.4, -0.2) is 5.16 Å². The summed E-state index contributed by atoms with van der Waals surface area (Å²) in [5.74, 6) is 1.18. The smallest absolute Gasteiger partial charge is 0.174 e. The van der Waals surface area contributed by atoms with E-state index < -0.39 is 0 Å². The van der Waals surface area contributed by atoms with Crippen molar-refractivity contribution in [3.63, 3.8) is 0 Å². The van der Waals surface area contributed by atoms with Crippen molar-refractivity contribution in [3.8, 4) is 11.3 Å². The Labute approximate surface area is 109 Å². The van der Waals surface area contributed by atoms with Crippen LogP contribution in [0.4, 0.5) is 5.82 Å². The molecule has 0 spiro atoms. The van der Waals surface area contributed by atoms with Crippen molar-refractivity contribution >= 4 is 29.0 Å². The van der Waals surface area contributed by atoms with Gasteiger partial charge in [0.2, 0.25) is 0 Å². The van der Waals surface area contributed by atoms with Gasteiger partial charge in [-0.25, -0.2) is 0 Å². The molecule has 17 heavy (non-hydrogen) atoms. The van der Waals surface area contributed by atoms with E-state index in [-0.39, 0.29) is 5.92 Å². The summed E-state index contributed by atoms with van der Waals surface area (Å²) in [5, 5.41) is 4.72. The lowest BCUT2D eigenvalue weighted by atomic mass is 9.99. The number of nitrogens with zero attached hydrogens (tertiary/aromatic N) is 1. The summed E-state index contributed by atoms with van der Waals surface area (Å²) >= 11 is 12.1. The fourth-order valence-electron chi connectivity index (χ4n) is 1.74. The molecule has 0 aliphatic carbocycles. The molecule has 0 aliphatic heterocycles. The highest BCUT2D eigenvalue weighted by atomic mass is 35.5. The van der Waals surface area contributed by atoms with Gasteiger partial charge < -0.3 is 10.3 Å². The van der Waals surface area contributed by atoms with Gasteiger partial charge in [-0.1, -0.05) is 48.3 Å². The van der Waals surface area contributed by atoms with Crippen LogP contribution in [0.25, 0.3) is 11.3 Å². The van der Waals surface area contributed by atoms with Gasteiger partial charge in [0.25, 0.3) is 0 Å². The molecule has 0 radical (unpaired) electrons. The number of rotatable bonds is 2. The van der Waals surface area contributed by atoms with E-state index in [1.165, 1.54) is 0 Å². The number of nitrogen functional groups attached to an aromatic ring is 1. The molecule has 1 heterocycles. The Morgan fingerprint density at radius 3 is 2.65 bits per heavy atom. The molecule has 0 aliphatic rings. The minimum atomic E-state index is 0.200. The molecule has 0 bridgehead atoms. The Hall–Kier alpha value is -1.19. The monoisotopic (exact) mass is 270 g/mol. The second-order valence-electron chi connectivity index (χ2n) is 4.07. The lowest BCUT2D eigenvalue weighted by Gasteiger charge is -2.07. The third-order valence-corrected chi connectivity index (χ3v) is 3.35. The number of benzene rings is 1. The molecule has 0 unspecified atom stereocenters. The summed E-state index contributed by atoms with van der Waals surface area (Å²) in [4.78, 5) is 0. The summed E-state index contributed by atoms with van der Waals surface area (Å²) in [7, 11) is 0. The molecule has 2 rings (SSSR count). The fourth-order valence-corrected chi connectivity index (χ4v) is 2.13. The SMILES string of the molecule is CC(C)c1c(N)noc1-c1cccc(Cl)c1Cl. The van der Waals surface area contributed by atoms with Gasteiger partial charge in [-0.05, 0) is 18.1 Å². The number of hydrogen-bond acceptors (Lipinski definition) is 3. The van der Waals surface area contributed by atoms with Crippen LogP contribution >= 0.6 is 23.2 Å². The van der Waals surface area contributed by atoms with E-state index in [1.54, 1.807) is 6.07 Å². The third-order valence-electron chi connectivity index (χ3n) is 2.53. The van der Waals surface area contributed by atoms with Gasteiger partial charge in [0.15, 0.2) is 11.6 Å². The van der Waals surface area contributed by atoms with E-state index in [1.807, 2.05) is 26.0 Å². The molecular weight excluding hydrogens is 259 g/mol. The van der Waals surface area contributed by atoms with E-state index >= 15 is 0 Å². The maximum Gasteiger partial charge on any atom is 0.174 e. The first-order valence-corrected chi connectivity index (χ1v) is 5.97. The van der Waals surface area contributed by atoms with Crippen LogP contribution in [0.3, 0.4) is 0 Å². The zero-order valence-electron chi connectivity index (χ0n) is 9.50. The van der Waals surface area contributed by atoms with Crippen molar-refractivity contribution < 1.29 is 4.52 Å². The van der Waals surface area contributed by atoms with Crippen LogP contribution in [0, 0.1) is 0 Å². The van der Waals surface area contributed by atoms with Gasteiger partial charge in [-0.2, -0.15) is 0 Å². The molecule has 90 valence electrons. The van der Waals surface area contributed by atoms with Gasteiger partial charge in [0, 0.05) is 11.1 Å². The van der Waals surface area contributed by atoms with Crippen LogP contribution in [0.5, 0.6) is 0 Å². The predicted molar refractivity (Wildman–Crippen MR) is 70.5 cm³/mol. The highest BCUT2D eigenvalue weighted by Gasteiger charge is 2.21. The highest BCUT2D eigenvalue weighted by Crippen LogP contribution is 2.39. The van der Waals surface area contributed by atoms with Crippen molar-refractivity contribution in [3.05, 3.63) is 33.8 Å². The summed E-state index contributed by atoms with van der Waals surface area (Å²) in [6.07, 6.45) is 0. The van der Waals surface area contributed by atoms with Gasteiger partial charge in [0.1, 0.15) is 0 Å². The zero-order chi connectivity index (χ0) is 12.6. The Morgan fingerprint density at radius 2 is 2.00 bits per heavy atom. The number of nitrogens with two attached hydrogens (primary N) is 1. The van der Waals surface area contributed by atoms with E-state index in [2.05, 4.69) is 5.16 Å². The maximum absolute atomic E-state index is 6.15. The Kier molecular flexibility index (Phi) is 3.31. The Bertz CT molecular complexity index is 549. The molecule has 1 aromatic carbocycles. The van der Waals surface area contributed by atoms with E-state index in [0.717, 1.165) is 5.56 Å². The Morgan fingerprint density at radius 1 is 1.29 bits per heavy atom. The van der Waals surface area contributed by atoms with Gasteiger partial charge in [-0.3, -0.25) is 0 Å². The first-order chi connectivity index (χ1) is 8.02. The van der Waals surface area contributed by atoms with E-state index in [0.29, 0.717) is 27.2 Å². The van der Waals surface area contributed by atoms with Crippen molar-refractivity contribution in [1.82, 2.24) is 5.16 Å². The molecule has 3 nitrogen and oxygen atoms in total. The standard InChI is InChI=1S/C12H12Cl2N2O/c1-6(2)9-11(17-16-12(9)15)7-4-3-5-8(13)10(7)14/h3-6H,1-2H3,(H2,15,16). The van der Waals surface area contributed by atoms with Crippen LogP contribution in [-0.2, 0) is 0 Å². The van der Waals surface area contributed by atoms with Crippen molar-refractivity contribution in [1.29, 1.82) is 0 Å². The Balaban J connectivity index is 2.65. The van der Waals surface area contributed by atoms with Crippen LogP contribution in [0.2, 0.25) is 10.0 Å². The third kappa shape index (κ3) is 2.13. The van der Waals surface area contributed by atoms with Gasteiger partial charge in [-0.15, -0.1) is 0 Å². The minimum Gasteiger partial charge on any atom is -0.381 e. The maximum atomic E-state index is 6.15. The molecule has 2 N–H and O–H groups in total. The molecule has 5 heteroatoms. The average Bonchev–Trinajstić information content (AvgIpc) is 2.64. The van der Waals surface area contributed by atoms with Crippen LogP contribution < -0.4 is 5.73 Å². The van der Waals surface area contributed by atoms with Gasteiger partial charge in [0.05, 0.1) is 10.0 Å². The summed E-state index contributed by atoms with van der Waals surface area (Å²) in [5.41, 5.74) is 7.36. The molecule has 1 aromatic heterocycles. The van der Waals surface area contributed by atoms with Crippen LogP contribution in [0.15, 0.2) is 22.7 Å². The molecule has 0 saturated heterocycles. The van der Waals surface area contributed by atoms with E-state index in [4.69, 9.17) is 33.5 Å².